The summed E-state index contributed by atoms with van der Waals surface area (Å²) in [7, 11) is 0. The first-order valence-electron chi connectivity index (χ1n) is 8.45. The predicted octanol–water partition coefficient (Wildman–Crippen LogP) is 3.45. The van der Waals surface area contributed by atoms with Crippen LogP contribution in [0.15, 0.2) is 53.3 Å². The molecule has 3 rings (SSSR count). The van der Waals surface area contributed by atoms with Gasteiger partial charge in [0.2, 0.25) is 11.9 Å². The first kappa shape index (κ1) is 19.3. The molecule has 0 saturated carbocycles. The van der Waals surface area contributed by atoms with E-state index < -0.39 is 0 Å². The number of rotatable bonds is 7. The summed E-state index contributed by atoms with van der Waals surface area (Å²) in [6, 6.07) is 14.7. The highest BCUT2D eigenvalue weighted by molar-refractivity contribution is 7.99. The Kier molecular flexibility index (Phi) is 6.36. The van der Waals surface area contributed by atoms with Gasteiger partial charge in [-0.15, -0.1) is 11.8 Å². The minimum atomic E-state index is -0.202. The van der Waals surface area contributed by atoms with Gasteiger partial charge in [-0.05, 0) is 36.8 Å². The van der Waals surface area contributed by atoms with Crippen LogP contribution in [-0.2, 0) is 17.1 Å². The maximum absolute atomic E-state index is 12.5. The van der Waals surface area contributed by atoms with Crippen LogP contribution in [0, 0.1) is 0 Å². The molecule has 3 aromatic rings. The van der Waals surface area contributed by atoms with Crippen molar-refractivity contribution in [2.75, 3.05) is 11.2 Å². The Morgan fingerprint density at radius 2 is 2.04 bits per heavy atom. The number of thioether (sulfide) groups is 1. The van der Waals surface area contributed by atoms with Crippen LogP contribution < -0.4 is 16.4 Å². The molecule has 1 aromatic heterocycles. The SMILES string of the molecule is CCn1c(NNC(=O)CSCc2cccc(Cl)c2)nc2ccccc2c1=O. The number of nitrogens with one attached hydrogen (secondary N) is 2. The summed E-state index contributed by atoms with van der Waals surface area (Å²) < 4.78 is 1.49. The number of benzene rings is 2. The molecule has 8 heteroatoms. The normalized spacial score (nSPS) is 10.7. The van der Waals surface area contributed by atoms with Crippen molar-refractivity contribution in [3.63, 3.8) is 0 Å². The Hall–Kier alpha value is -2.51. The van der Waals surface area contributed by atoms with Crippen molar-refractivity contribution in [3.8, 4) is 0 Å². The van der Waals surface area contributed by atoms with Crippen LogP contribution in [0.2, 0.25) is 5.02 Å². The zero-order chi connectivity index (χ0) is 19.2. The van der Waals surface area contributed by atoms with Crippen molar-refractivity contribution in [1.29, 1.82) is 0 Å². The van der Waals surface area contributed by atoms with E-state index in [1.807, 2.05) is 37.3 Å². The second-order valence-electron chi connectivity index (χ2n) is 5.80. The smallest absolute Gasteiger partial charge is 0.262 e. The number of nitrogens with zero attached hydrogens (tertiary/aromatic N) is 2. The van der Waals surface area contributed by atoms with E-state index in [0.717, 1.165) is 5.56 Å². The van der Waals surface area contributed by atoms with Crippen LogP contribution in [0.4, 0.5) is 5.95 Å². The molecule has 0 fully saturated rings. The molecule has 0 radical (unpaired) electrons. The fraction of sp³-hybridized carbons (Fsp3) is 0.211. The lowest BCUT2D eigenvalue weighted by atomic mass is 10.2. The first-order chi connectivity index (χ1) is 13.1. The Labute approximate surface area is 165 Å². The molecule has 0 unspecified atom stereocenters. The Morgan fingerprint density at radius 1 is 1.22 bits per heavy atom. The van der Waals surface area contributed by atoms with Gasteiger partial charge in [0.05, 0.1) is 16.7 Å². The lowest BCUT2D eigenvalue weighted by Crippen LogP contribution is -2.35. The highest BCUT2D eigenvalue weighted by Gasteiger charge is 2.10. The van der Waals surface area contributed by atoms with Gasteiger partial charge in [0, 0.05) is 17.3 Å². The molecular weight excluding hydrogens is 384 g/mol. The molecule has 27 heavy (non-hydrogen) atoms. The number of fused-ring (bicyclic) bond motifs is 1. The largest absolute Gasteiger partial charge is 0.277 e. The fourth-order valence-corrected chi connectivity index (χ4v) is 3.59. The molecule has 0 bridgehead atoms. The second-order valence-corrected chi connectivity index (χ2v) is 7.22. The van der Waals surface area contributed by atoms with Gasteiger partial charge in [0.15, 0.2) is 0 Å². The van der Waals surface area contributed by atoms with Gasteiger partial charge in [-0.1, -0.05) is 35.9 Å². The maximum atomic E-state index is 12.5. The van der Waals surface area contributed by atoms with E-state index in [1.165, 1.54) is 16.3 Å². The summed E-state index contributed by atoms with van der Waals surface area (Å²) in [6.45, 7) is 2.30. The van der Waals surface area contributed by atoms with E-state index >= 15 is 0 Å². The van der Waals surface area contributed by atoms with Crippen molar-refractivity contribution in [2.24, 2.45) is 0 Å². The number of amides is 1. The van der Waals surface area contributed by atoms with E-state index in [0.29, 0.717) is 34.2 Å². The Morgan fingerprint density at radius 3 is 2.81 bits per heavy atom. The van der Waals surface area contributed by atoms with Crippen molar-refractivity contribution >= 4 is 46.1 Å². The average Bonchev–Trinajstić information content (AvgIpc) is 2.66. The molecule has 2 aromatic carbocycles. The summed E-state index contributed by atoms with van der Waals surface area (Å²) >= 11 is 7.43. The molecular formula is C19H19ClN4O2S. The molecule has 0 saturated heterocycles. The number of para-hydroxylation sites is 1. The summed E-state index contributed by atoms with van der Waals surface area (Å²) in [4.78, 5) is 29.1. The minimum absolute atomic E-state index is 0.143. The number of anilines is 1. The molecule has 2 N–H and O–H groups in total. The van der Waals surface area contributed by atoms with Crippen molar-refractivity contribution in [3.05, 3.63) is 69.5 Å². The number of carbonyl (C=O) groups is 1. The molecule has 140 valence electrons. The van der Waals surface area contributed by atoms with Crippen molar-refractivity contribution in [2.45, 2.75) is 19.2 Å². The number of hydrazine groups is 1. The molecule has 0 spiro atoms. The van der Waals surface area contributed by atoms with Crippen molar-refractivity contribution < 1.29 is 4.79 Å². The van der Waals surface area contributed by atoms with E-state index in [1.54, 1.807) is 18.2 Å². The van der Waals surface area contributed by atoms with E-state index in [4.69, 9.17) is 11.6 Å². The van der Waals surface area contributed by atoms with Gasteiger partial charge < -0.3 is 0 Å². The lowest BCUT2D eigenvalue weighted by molar-refractivity contribution is -0.118. The standard InChI is InChI=1S/C19H19ClN4O2S/c1-2-24-18(26)15-8-3-4-9-16(15)21-19(24)23-22-17(25)12-27-11-13-6-5-7-14(20)10-13/h3-10H,2,11-12H2,1H3,(H,21,23)(H,22,25). The second kappa shape index (κ2) is 8.92. The van der Waals surface area contributed by atoms with Gasteiger partial charge in [-0.25, -0.2) is 4.98 Å². The maximum Gasteiger partial charge on any atom is 0.262 e. The minimum Gasteiger partial charge on any atom is -0.277 e. The molecule has 1 amide bonds. The zero-order valence-corrected chi connectivity index (χ0v) is 16.3. The van der Waals surface area contributed by atoms with Crippen LogP contribution in [-0.4, -0.2) is 21.2 Å². The van der Waals surface area contributed by atoms with Crippen molar-refractivity contribution in [1.82, 2.24) is 15.0 Å². The molecule has 0 aliphatic heterocycles. The topological polar surface area (TPSA) is 76.0 Å². The van der Waals surface area contributed by atoms with E-state index in [-0.39, 0.29) is 17.2 Å². The lowest BCUT2D eigenvalue weighted by Gasteiger charge is -2.14. The van der Waals surface area contributed by atoms with Crippen LogP contribution >= 0.6 is 23.4 Å². The molecule has 0 aliphatic rings. The molecule has 0 aliphatic carbocycles. The van der Waals surface area contributed by atoms with Gasteiger partial charge in [0.25, 0.3) is 5.56 Å². The zero-order valence-electron chi connectivity index (χ0n) is 14.7. The van der Waals surface area contributed by atoms with Crippen LogP contribution in [0.3, 0.4) is 0 Å². The van der Waals surface area contributed by atoms with Crippen LogP contribution in [0.5, 0.6) is 0 Å². The number of carbonyl (C=O) groups excluding carboxylic acids is 1. The van der Waals surface area contributed by atoms with Crippen LogP contribution in [0.1, 0.15) is 12.5 Å². The monoisotopic (exact) mass is 402 g/mol. The summed E-state index contributed by atoms with van der Waals surface area (Å²) in [5.41, 5.74) is 6.88. The highest BCUT2D eigenvalue weighted by atomic mass is 35.5. The molecule has 6 nitrogen and oxygen atoms in total. The Bertz CT molecular complexity index is 1020. The summed E-state index contributed by atoms with van der Waals surface area (Å²) in [5, 5.41) is 1.23. The Balaban J connectivity index is 1.60. The third kappa shape index (κ3) is 4.81. The highest BCUT2D eigenvalue weighted by Crippen LogP contribution is 2.16. The van der Waals surface area contributed by atoms with Gasteiger partial charge in [-0.2, -0.15) is 0 Å². The third-order valence-electron chi connectivity index (χ3n) is 3.88. The van der Waals surface area contributed by atoms with Gasteiger partial charge in [-0.3, -0.25) is 25.0 Å². The predicted molar refractivity (Wildman–Crippen MR) is 111 cm³/mol. The first-order valence-corrected chi connectivity index (χ1v) is 9.98. The van der Waals surface area contributed by atoms with E-state index in [2.05, 4.69) is 15.8 Å². The number of halogens is 1. The third-order valence-corrected chi connectivity index (χ3v) is 5.12. The summed E-state index contributed by atoms with van der Waals surface area (Å²) in [5.74, 6) is 1.06. The van der Waals surface area contributed by atoms with Crippen LogP contribution in [0.25, 0.3) is 10.9 Å². The summed E-state index contributed by atoms with van der Waals surface area (Å²) in [6.07, 6.45) is 0. The average molecular weight is 403 g/mol. The number of aromatic nitrogens is 2. The number of hydrogen-bond acceptors (Lipinski definition) is 5. The molecule has 1 heterocycles. The quantitative estimate of drug-likeness (QED) is 0.592. The van der Waals surface area contributed by atoms with Gasteiger partial charge in [0.1, 0.15) is 0 Å². The molecule has 0 atom stereocenters. The van der Waals surface area contributed by atoms with E-state index in [9.17, 15) is 9.59 Å². The fourth-order valence-electron chi connectivity index (χ4n) is 2.61. The van der Waals surface area contributed by atoms with Gasteiger partial charge >= 0.3 is 0 Å². The number of hydrogen-bond donors (Lipinski definition) is 2.